The summed E-state index contributed by atoms with van der Waals surface area (Å²) in [5.41, 5.74) is -1.32. The van der Waals surface area contributed by atoms with Crippen LogP contribution < -0.4 is 5.73 Å². The van der Waals surface area contributed by atoms with Gasteiger partial charge in [-0.05, 0) is 37.4 Å². The van der Waals surface area contributed by atoms with E-state index in [1.165, 1.54) is 14.1 Å². The average Bonchev–Trinajstić information content (AvgIpc) is 2.93. The highest BCUT2D eigenvalue weighted by atomic mass is 19.2. The Labute approximate surface area is 238 Å². The van der Waals surface area contributed by atoms with Crippen LogP contribution in [0.3, 0.4) is 0 Å². The number of nitrogens with zero attached hydrogens (tertiary/aromatic N) is 1. The van der Waals surface area contributed by atoms with Crippen LogP contribution in [0, 0.1) is 52.8 Å². The third kappa shape index (κ3) is 3.84. The Bertz CT molecular complexity index is 1680. The first-order valence-corrected chi connectivity index (χ1v) is 12.6. The Kier molecular flexibility index (Phi) is 6.91. The molecule has 0 aromatic heterocycles. The minimum atomic E-state index is -3.38. The lowest BCUT2D eigenvalue weighted by molar-refractivity contribution is -0.192. The van der Waals surface area contributed by atoms with Crippen molar-refractivity contribution in [2.24, 2.45) is 29.4 Å². The number of amides is 1. The molecule has 0 bridgehead atoms. The number of carbonyl (C=O) groups is 5. The van der Waals surface area contributed by atoms with Gasteiger partial charge in [0.2, 0.25) is 11.7 Å². The number of fused-ring (bicyclic) bond motifs is 3. The summed E-state index contributed by atoms with van der Waals surface area (Å²) in [6.45, 7) is 0. The largest absolute Gasteiger partial charge is 0.507 e. The molecule has 5 N–H and O–H groups in total. The molecule has 3 aliphatic carbocycles. The molecule has 226 valence electrons. The van der Waals surface area contributed by atoms with Crippen LogP contribution in [-0.4, -0.2) is 81.1 Å². The Hall–Kier alpha value is -4.34. The van der Waals surface area contributed by atoms with Crippen LogP contribution in [0.2, 0.25) is 0 Å². The molecule has 2 unspecified atom stereocenters. The minimum absolute atomic E-state index is 0.377. The maximum absolute atomic E-state index is 14.8. The van der Waals surface area contributed by atoms with E-state index in [0.29, 0.717) is 6.08 Å². The van der Waals surface area contributed by atoms with E-state index in [-0.39, 0.29) is 5.56 Å². The highest BCUT2D eigenvalue weighted by molar-refractivity contribution is 6.33. The summed E-state index contributed by atoms with van der Waals surface area (Å²) in [6.07, 6.45) is -1.88. The monoisotopic (exact) mass is 608 g/mol. The number of aliphatic hydroxyl groups is 2. The van der Waals surface area contributed by atoms with Crippen LogP contribution in [0.25, 0.3) is 11.6 Å². The first-order valence-electron chi connectivity index (χ1n) is 12.6. The number of ketones is 4. The van der Waals surface area contributed by atoms with E-state index in [9.17, 15) is 61.2 Å². The van der Waals surface area contributed by atoms with Crippen molar-refractivity contribution in [1.29, 1.82) is 0 Å². The third-order valence-corrected chi connectivity index (χ3v) is 8.42. The topological polar surface area (TPSA) is 175 Å². The van der Waals surface area contributed by atoms with Crippen molar-refractivity contribution in [3.63, 3.8) is 0 Å². The molecule has 15 heteroatoms. The van der Waals surface area contributed by atoms with E-state index in [2.05, 4.69) is 0 Å². The lowest BCUT2D eigenvalue weighted by Gasteiger charge is -2.55. The predicted molar refractivity (Wildman–Crippen MR) is 133 cm³/mol. The molecule has 0 saturated heterocycles. The van der Waals surface area contributed by atoms with Gasteiger partial charge in [0.1, 0.15) is 5.75 Å². The summed E-state index contributed by atoms with van der Waals surface area (Å²) in [4.78, 5) is 67.6. The summed E-state index contributed by atoms with van der Waals surface area (Å²) in [6, 6.07) is 1.46. The fraction of sp³-hybridized carbons (Fsp3) is 0.321. The lowest BCUT2D eigenvalue weighted by atomic mass is 9.50. The molecule has 2 aromatic rings. The second-order valence-corrected chi connectivity index (χ2v) is 10.8. The first-order chi connectivity index (χ1) is 20.0. The quantitative estimate of drug-likeness (QED) is 0.168. The minimum Gasteiger partial charge on any atom is -0.507 e. The zero-order valence-corrected chi connectivity index (χ0v) is 22.1. The number of hydrogen-bond donors (Lipinski definition) is 4. The number of likely N-dealkylation sites (N-methyl/N-ethyl adjacent to an activating group) is 1. The number of rotatable bonds is 3. The Morgan fingerprint density at radius 1 is 0.953 bits per heavy atom. The zero-order chi connectivity index (χ0) is 32.0. The molecule has 2 fully saturated rings. The van der Waals surface area contributed by atoms with Gasteiger partial charge in [0, 0.05) is 5.92 Å². The van der Waals surface area contributed by atoms with E-state index < -0.39 is 122 Å². The Morgan fingerprint density at radius 3 is 2.05 bits per heavy atom. The van der Waals surface area contributed by atoms with E-state index in [4.69, 9.17) is 5.73 Å². The van der Waals surface area contributed by atoms with Crippen molar-refractivity contribution < 1.29 is 61.2 Å². The SMILES string of the molecule is CN(C)[C@H]1C(=O)C(C(N)=O)C(=O)[C@]2(O)C(=O)C3C(=O)c4c(O)cccc4C(=Cc4c(F)c(F)c(F)c(F)c4F)[C@@H]3[C@@H](O)[C@H]12. The Balaban J connectivity index is 1.86. The number of hydrogen-bond acceptors (Lipinski definition) is 9. The van der Waals surface area contributed by atoms with Crippen LogP contribution in [0.1, 0.15) is 21.5 Å². The molecule has 5 rings (SSSR count). The van der Waals surface area contributed by atoms with Crippen molar-refractivity contribution in [1.82, 2.24) is 4.90 Å². The van der Waals surface area contributed by atoms with Gasteiger partial charge in [-0.1, -0.05) is 12.1 Å². The van der Waals surface area contributed by atoms with Gasteiger partial charge in [-0.25, -0.2) is 22.0 Å². The number of phenols is 1. The molecule has 0 spiro atoms. The standard InChI is InChI=1S/C28H21F5N2O8/c1-35(2)21-15-23(38)12-8(6-9-16(29)18(31)20(33)19(32)17(9)30)7-4-3-5-10(36)11(7)22(37)13(12)25(40)28(15,43)26(41)14(24(21)39)27(34)42/h3-6,12-15,21,23,36,38,43H,1-2H3,(H2,34,42)/t12-,13?,14?,15-,21+,23+,28+/m0/s1. The number of phenolic OH excluding ortho intramolecular Hbond substituents is 1. The van der Waals surface area contributed by atoms with Gasteiger partial charge in [-0.2, -0.15) is 0 Å². The van der Waals surface area contributed by atoms with E-state index in [0.717, 1.165) is 23.1 Å². The lowest BCUT2D eigenvalue weighted by Crippen LogP contribution is -2.77. The molecule has 3 aliphatic rings. The molecule has 2 saturated carbocycles. The number of primary amides is 1. The van der Waals surface area contributed by atoms with E-state index >= 15 is 0 Å². The van der Waals surface area contributed by atoms with Crippen molar-refractivity contribution in [2.75, 3.05) is 14.1 Å². The molecule has 1 amide bonds. The second-order valence-electron chi connectivity index (χ2n) is 10.8. The van der Waals surface area contributed by atoms with Crippen LogP contribution >= 0.6 is 0 Å². The van der Waals surface area contributed by atoms with Crippen LogP contribution in [0.4, 0.5) is 22.0 Å². The van der Waals surface area contributed by atoms with Gasteiger partial charge in [0.05, 0.1) is 35.1 Å². The third-order valence-electron chi connectivity index (χ3n) is 8.42. The van der Waals surface area contributed by atoms with Crippen molar-refractivity contribution >= 4 is 40.7 Å². The first kappa shape index (κ1) is 30.1. The van der Waals surface area contributed by atoms with Crippen molar-refractivity contribution in [2.45, 2.75) is 17.7 Å². The highest BCUT2D eigenvalue weighted by Crippen LogP contribution is 2.54. The van der Waals surface area contributed by atoms with Gasteiger partial charge in [0.25, 0.3) is 0 Å². The number of nitrogens with two attached hydrogens (primary N) is 1. The maximum Gasteiger partial charge on any atom is 0.235 e. The van der Waals surface area contributed by atoms with Crippen molar-refractivity contribution in [3.8, 4) is 5.75 Å². The molecule has 10 nitrogen and oxygen atoms in total. The fourth-order valence-electron chi connectivity index (χ4n) is 6.57. The molecule has 2 aromatic carbocycles. The molecule has 7 atom stereocenters. The second kappa shape index (κ2) is 9.86. The molecular formula is C28H21F5N2O8. The summed E-state index contributed by atoms with van der Waals surface area (Å²) < 4.78 is 71.6. The van der Waals surface area contributed by atoms with Crippen LogP contribution in [-0.2, 0) is 19.2 Å². The summed E-state index contributed by atoms with van der Waals surface area (Å²) >= 11 is 0. The summed E-state index contributed by atoms with van der Waals surface area (Å²) in [7, 11) is 2.48. The molecule has 43 heavy (non-hydrogen) atoms. The molecule has 0 radical (unpaired) electrons. The highest BCUT2D eigenvalue weighted by Gasteiger charge is 2.72. The Morgan fingerprint density at radius 2 is 1.51 bits per heavy atom. The molecular weight excluding hydrogens is 587 g/mol. The molecule has 0 heterocycles. The van der Waals surface area contributed by atoms with Gasteiger partial charge < -0.3 is 21.1 Å². The van der Waals surface area contributed by atoms with Gasteiger partial charge in [0.15, 0.2) is 57.9 Å². The number of aliphatic hydroxyl groups excluding tert-OH is 1. The summed E-state index contributed by atoms with van der Waals surface area (Å²) in [5.74, 6) is -28.6. The van der Waals surface area contributed by atoms with Gasteiger partial charge in [-0.3, -0.25) is 28.9 Å². The number of benzene rings is 2. The smallest absolute Gasteiger partial charge is 0.235 e. The summed E-state index contributed by atoms with van der Waals surface area (Å²) in [5, 5.41) is 33.9. The fourth-order valence-corrected chi connectivity index (χ4v) is 6.57. The van der Waals surface area contributed by atoms with Crippen molar-refractivity contribution in [3.05, 3.63) is 64.0 Å². The van der Waals surface area contributed by atoms with Crippen LogP contribution in [0.15, 0.2) is 18.2 Å². The zero-order valence-electron chi connectivity index (χ0n) is 22.1. The van der Waals surface area contributed by atoms with Gasteiger partial charge in [-0.15, -0.1) is 0 Å². The van der Waals surface area contributed by atoms with E-state index in [1.54, 1.807) is 0 Å². The average molecular weight is 608 g/mol. The number of aromatic hydroxyl groups is 1. The normalized spacial score (nSPS) is 31.3. The number of Topliss-reactive ketones (excluding diaryl/α,β-unsaturated/α-hetero) is 4. The van der Waals surface area contributed by atoms with Gasteiger partial charge >= 0.3 is 0 Å². The maximum atomic E-state index is 14.8. The number of halogens is 5. The number of carbonyl (C=O) groups excluding carboxylic acids is 5. The van der Waals surface area contributed by atoms with E-state index in [1.807, 2.05) is 0 Å². The predicted octanol–water partition coefficient (Wildman–Crippen LogP) is 0.531. The molecule has 0 aliphatic heterocycles. The van der Waals surface area contributed by atoms with Crippen LogP contribution in [0.5, 0.6) is 5.75 Å².